The number of rotatable bonds is 7. The van der Waals surface area contributed by atoms with Gasteiger partial charge in [0.05, 0.1) is 25.0 Å². The predicted molar refractivity (Wildman–Crippen MR) is 118 cm³/mol. The van der Waals surface area contributed by atoms with Crippen LogP contribution < -0.4 is 5.73 Å². The Bertz CT molecular complexity index is 1280. The first-order valence-electron chi connectivity index (χ1n) is 10.8. The summed E-state index contributed by atoms with van der Waals surface area (Å²) in [5.41, 5.74) is 7.52. The molecule has 5 rings (SSSR count). The molecule has 1 aliphatic rings. The third-order valence-electron chi connectivity index (χ3n) is 5.59. The Kier molecular flexibility index (Phi) is 6.18. The molecular weight excluding hydrogens is 446 g/mol. The van der Waals surface area contributed by atoms with Crippen molar-refractivity contribution in [2.24, 2.45) is 0 Å². The van der Waals surface area contributed by atoms with Crippen LogP contribution in [0.3, 0.4) is 0 Å². The lowest BCUT2D eigenvalue weighted by atomic mass is 10.1. The van der Waals surface area contributed by atoms with Crippen LogP contribution >= 0.6 is 0 Å². The molecule has 0 aliphatic carbocycles. The van der Waals surface area contributed by atoms with Gasteiger partial charge in [0.2, 0.25) is 0 Å². The summed E-state index contributed by atoms with van der Waals surface area (Å²) >= 11 is 0. The Morgan fingerprint density at radius 3 is 2.76 bits per heavy atom. The Morgan fingerprint density at radius 1 is 1.06 bits per heavy atom. The first kappa shape index (κ1) is 22.0. The maximum Gasteiger partial charge on any atom is 0.190 e. The van der Waals surface area contributed by atoms with E-state index in [0.717, 1.165) is 56.6 Å². The number of hydrogen-bond acceptors (Lipinski definition) is 9. The van der Waals surface area contributed by atoms with Gasteiger partial charge < -0.3 is 10.5 Å². The molecular formula is C21H22F2N10O. The zero-order chi connectivity index (χ0) is 23.5. The highest BCUT2D eigenvalue weighted by atomic mass is 19.2. The van der Waals surface area contributed by atoms with Gasteiger partial charge in [-0.15, -0.1) is 10.2 Å². The Labute approximate surface area is 193 Å². The monoisotopic (exact) mass is 468 g/mol. The van der Waals surface area contributed by atoms with Gasteiger partial charge >= 0.3 is 0 Å². The second-order valence-electron chi connectivity index (χ2n) is 7.82. The van der Waals surface area contributed by atoms with E-state index in [0.29, 0.717) is 16.8 Å². The number of morpholine rings is 1. The van der Waals surface area contributed by atoms with Gasteiger partial charge in [-0.2, -0.15) is 4.68 Å². The van der Waals surface area contributed by atoms with Crippen LogP contribution in [0.4, 0.5) is 14.6 Å². The van der Waals surface area contributed by atoms with E-state index in [4.69, 9.17) is 10.5 Å². The fourth-order valence-corrected chi connectivity index (χ4v) is 3.79. The number of benzene rings is 1. The van der Waals surface area contributed by atoms with Crippen LogP contribution in [-0.4, -0.2) is 77.9 Å². The van der Waals surface area contributed by atoms with E-state index >= 15 is 0 Å². The number of nitrogens with two attached hydrogens (primary N) is 1. The summed E-state index contributed by atoms with van der Waals surface area (Å²) in [4.78, 5) is 6.59. The smallest absolute Gasteiger partial charge is 0.190 e. The van der Waals surface area contributed by atoms with E-state index in [2.05, 4.69) is 35.7 Å². The van der Waals surface area contributed by atoms with Crippen molar-refractivity contribution in [3.8, 4) is 28.3 Å². The Hall–Kier alpha value is -3.84. The molecule has 0 radical (unpaired) electrons. The van der Waals surface area contributed by atoms with Gasteiger partial charge in [0.1, 0.15) is 17.2 Å². The van der Waals surface area contributed by atoms with Crippen LogP contribution in [0.25, 0.3) is 28.3 Å². The summed E-state index contributed by atoms with van der Waals surface area (Å²) in [6.07, 6.45) is 4.32. The summed E-state index contributed by atoms with van der Waals surface area (Å²) in [5.74, 6) is -1.83. The molecule has 11 nitrogen and oxygen atoms in total. The molecule has 0 saturated carbocycles. The standard InChI is InChI=1S/C21H22F2N10O/c22-16-3-1-4-18(19(16)23)33-21(27-28-30-33)15-11-14(12-25-20(15)24)17-13-32(29-26-17)6-2-5-31-7-9-34-10-8-31/h1,3-4,11-13H,2,5-10H2,(H2,24,25). The van der Waals surface area contributed by atoms with Crippen molar-refractivity contribution in [1.29, 1.82) is 0 Å². The maximum absolute atomic E-state index is 14.4. The third-order valence-corrected chi connectivity index (χ3v) is 5.59. The maximum atomic E-state index is 14.4. The second kappa shape index (κ2) is 9.57. The van der Waals surface area contributed by atoms with Gasteiger partial charge in [-0.25, -0.2) is 13.8 Å². The average Bonchev–Trinajstić information content (AvgIpc) is 3.52. The molecule has 34 heavy (non-hydrogen) atoms. The van der Waals surface area contributed by atoms with E-state index in [1.807, 2.05) is 6.20 Å². The van der Waals surface area contributed by atoms with Gasteiger partial charge in [-0.05, 0) is 35.0 Å². The lowest BCUT2D eigenvalue weighted by molar-refractivity contribution is 0.0368. The zero-order valence-electron chi connectivity index (χ0n) is 18.2. The number of halogens is 2. The van der Waals surface area contributed by atoms with Crippen molar-refractivity contribution in [3.05, 3.63) is 48.3 Å². The topological polar surface area (TPSA) is 126 Å². The molecule has 0 spiro atoms. The van der Waals surface area contributed by atoms with Crippen molar-refractivity contribution in [2.75, 3.05) is 38.6 Å². The molecule has 1 saturated heterocycles. The van der Waals surface area contributed by atoms with Crippen molar-refractivity contribution in [2.45, 2.75) is 13.0 Å². The van der Waals surface area contributed by atoms with E-state index < -0.39 is 11.6 Å². The van der Waals surface area contributed by atoms with Crippen LogP contribution in [0.15, 0.2) is 36.7 Å². The van der Waals surface area contributed by atoms with E-state index in [1.165, 1.54) is 12.1 Å². The van der Waals surface area contributed by atoms with Crippen molar-refractivity contribution >= 4 is 5.82 Å². The number of tetrazole rings is 1. The Morgan fingerprint density at radius 2 is 1.91 bits per heavy atom. The molecule has 0 bridgehead atoms. The van der Waals surface area contributed by atoms with Crippen molar-refractivity contribution < 1.29 is 13.5 Å². The molecule has 1 aromatic carbocycles. The highest BCUT2D eigenvalue weighted by Gasteiger charge is 2.20. The van der Waals surface area contributed by atoms with Crippen LogP contribution in [0.5, 0.6) is 0 Å². The summed E-state index contributed by atoms with van der Waals surface area (Å²) < 4.78 is 36.3. The molecule has 2 N–H and O–H groups in total. The summed E-state index contributed by atoms with van der Waals surface area (Å²) in [7, 11) is 0. The lowest BCUT2D eigenvalue weighted by Gasteiger charge is -2.26. The quantitative estimate of drug-likeness (QED) is 0.430. The number of nitrogen functional groups attached to an aromatic ring is 1. The molecule has 0 atom stereocenters. The summed E-state index contributed by atoms with van der Waals surface area (Å²) in [6, 6.07) is 5.45. The van der Waals surface area contributed by atoms with Gasteiger partial charge in [0, 0.05) is 37.9 Å². The number of ether oxygens (including phenoxy) is 1. The summed E-state index contributed by atoms with van der Waals surface area (Å²) in [6.45, 7) is 5.12. The number of hydrogen-bond donors (Lipinski definition) is 1. The number of nitrogens with zero attached hydrogens (tertiary/aromatic N) is 9. The summed E-state index contributed by atoms with van der Waals surface area (Å²) in [5, 5.41) is 19.8. The first-order valence-corrected chi connectivity index (χ1v) is 10.8. The molecule has 4 heterocycles. The molecule has 3 aromatic heterocycles. The van der Waals surface area contributed by atoms with Gasteiger partial charge in [-0.1, -0.05) is 11.3 Å². The molecule has 0 unspecified atom stereocenters. The van der Waals surface area contributed by atoms with Crippen molar-refractivity contribution in [3.63, 3.8) is 0 Å². The highest BCUT2D eigenvalue weighted by molar-refractivity contribution is 5.75. The minimum Gasteiger partial charge on any atom is -0.383 e. The normalized spacial score (nSPS) is 14.5. The van der Waals surface area contributed by atoms with Gasteiger partial charge in [0.25, 0.3) is 0 Å². The molecule has 4 aromatic rings. The third kappa shape index (κ3) is 4.47. The molecule has 176 valence electrons. The lowest BCUT2D eigenvalue weighted by Crippen LogP contribution is -2.37. The average molecular weight is 468 g/mol. The highest BCUT2D eigenvalue weighted by Crippen LogP contribution is 2.29. The van der Waals surface area contributed by atoms with Crippen LogP contribution in [0.1, 0.15) is 6.42 Å². The first-order chi connectivity index (χ1) is 16.6. The minimum atomic E-state index is -1.07. The SMILES string of the molecule is Nc1ncc(-c2cn(CCCN3CCOCC3)nn2)cc1-c1nnnn1-c1cccc(F)c1F. The van der Waals surface area contributed by atoms with Gasteiger partial charge in [0.15, 0.2) is 17.5 Å². The van der Waals surface area contributed by atoms with Gasteiger partial charge in [-0.3, -0.25) is 9.58 Å². The second-order valence-corrected chi connectivity index (χ2v) is 7.82. The van der Waals surface area contributed by atoms with E-state index in [1.54, 1.807) is 16.9 Å². The Balaban J connectivity index is 1.37. The number of aryl methyl sites for hydroxylation is 1. The predicted octanol–water partition coefficient (Wildman–Crippen LogP) is 1.57. The number of aromatic nitrogens is 8. The zero-order valence-corrected chi connectivity index (χ0v) is 18.2. The van der Waals surface area contributed by atoms with Crippen LogP contribution in [-0.2, 0) is 11.3 Å². The van der Waals surface area contributed by atoms with Crippen LogP contribution in [0, 0.1) is 11.6 Å². The minimum absolute atomic E-state index is 0.120. The fraction of sp³-hybridized carbons (Fsp3) is 0.333. The van der Waals surface area contributed by atoms with E-state index in [9.17, 15) is 8.78 Å². The van der Waals surface area contributed by atoms with Crippen LogP contribution in [0.2, 0.25) is 0 Å². The molecule has 1 fully saturated rings. The fourth-order valence-electron chi connectivity index (χ4n) is 3.79. The van der Waals surface area contributed by atoms with E-state index in [-0.39, 0.29) is 17.3 Å². The molecule has 0 amide bonds. The molecule has 1 aliphatic heterocycles. The number of anilines is 1. The van der Waals surface area contributed by atoms with Crippen molar-refractivity contribution in [1.82, 2.24) is 45.1 Å². The number of pyridine rings is 1. The largest absolute Gasteiger partial charge is 0.383 e. The molecule has 13 heteroatoms.